The lowest BCUT2D eigenvalue weighted by Crippen LogP contribution is -2.37. The van der Waals surface area contributed by atoms with Crippen molar-refractivity contribution < 1.29 is 26.0 Å². The molecule has 2 N–H and O–H groups in total. The summed E-state index contributed by atoms with van der Waals surface area (Å²) in [5, 5.41) is 2.97. The van der Waals surface area contributed by atoms with E-state index in [2.05, 4.69) is 5.32 Å². The maximum atomic E-state index is 13.4. The van der Waals surface area contributed by atoms with E-state index < -0.39 is 38.2 Å². The summed E-state index contributed by atoms with van der Waals surface area (Å²) in [6.45, 7) is 0.600. The van der Waals surface area contributed by atoms with Crippen LogP contribution in [0.4, 0.5) is 17.6 Å². The van der Waals surface area contributed by atoms with E-state index in [0.717, 1.165) is 6.42 Å². The number of hydrogen-bond acceptors (Lipinski definition) is 3. The molecule has 0 radical (unpaired) electrons. The second-order valence-corrected chi connectivity index (χ2v) is 6.15. The first kappa shape index (κ1) is 18.1. The van der Waals surface area contributed by atoms with Gasteiger partial charge in [-0.15, -0.1) is 12.4 Å². The molecule has 4 nitrogen and oxygen atoms in total. The minimum absolute atomic E-state index is 0. The summed E-state index contributed by atoms with van der Waals surface area (Å²) in [6, 6.07) is -0.211. The van der Waals surface area contributed by atoms with E-state index in [1.165, 1.54) is 0 Å². The van der Waals surface area contributed by atoms with Gasteiger partial charge in [0.05, 0.1) is 0 Å². The summed E-state index contributed by atoms with van der Waals surface area (Å²) in [5.41, 5.74) is 0. The monoisotopic (exact) mass is 348 g/mol. The van der Waals surface area contributed by atoms with Gasteiger partial charge in [-0.05, 0) is 19.4 Å². The summed E-state index contributed by atoms with van der Waals surface area (Å²) < 4.78 is 78.4. The van der Waals surface area contributed by atoms with Gasteiger partial charge in [0.25, 0.3) is 0 Å². The molecule has 1 fully saturated rings. The Labute approximate surface area is 125 Å². The van der Waals surface area contributed by atoms with Crippen LogP contribution in [0, 0.1) is 23.3 Å². The SMILES string of the molecule is Cl.O=S(=O)(NCC1CCCN1)c1c(F)c(F)cc(F)c1F. The maximum Gasteiger partial charge on any atom is 0.246 e. The molecule has 0 bridgehead atoms. The first-order valence-electron chi connectivity index (χ1n) is 5.89. The van der Waals surface area contributed by atoms with Crippen LogP contribution in [0.15, 0.2) is 11.0 Å². The van der Waals surface area contributed by atoms with E-state index in [1.807, 2.05) is 4.72 Å². The predicted octanol–water partition coefficient (Wildman–Crippen LogP) is 1.70. The first-order chi connectivity index (χ1) is 9.33. The minimum atomic E-state index is -4.67. The van der Waals surface area contributed by atoms with Crippen LogP contribution in [0.1, 0.15) is 12.8 Å². The van der Waals surface area contributed by atoms with Gasteiger partial charge >= 0.3 is 0 Å². The molecule has 120 valence electrons. The van der Waals surface area contributed by atoms with Gasteiger partial charge in [0.15, 0.2) is 28.2 Å². The lowest BCUT2D eigenvalue weighted by atomic mass is 10.2. The molecule has 1 aliphatic rings. The lowest BCUT2D eigenvalue weighted by Gasteiger charge is -2.13. The Morgan fingerprint density at radius 3 is 2.24 bits per heavy atom. The normalized spacial score (nSPS) is 18.6. The van der Waals surface area contributed by atoms with Crippen molar-refractivity contribution in [2.75, 3.05) is 13.1 Å². The molecule has 1 heterocycles. The molecule has 0 aromatic heterocycles. The van der Waals surface area contributed by atoms with Gasteiger partial charge in [0, 0.05) is 18.7 Å². The summed E-state index contributed by atoms with van der Waals surface area (Å²) in [6.07, 6.45) is 1.55. The average molecular weight is 349 g/mol. The number of halogens is 5. The van der Waals surface area contributed by atoms with Gasteiger partial charge < -0.3 is 5.32 Å². The zero-order valence-corrected chi connectivity index (χ0v) is 12.3. The highest BCUT2D eigenvalue weighted by Crippen LogP contribution is 2.23. The van der Waals surface area contributed by atoms with Crippen molar-refractivity contribution in [2.24, 2.45) is 0 Å². The largest absolute Gasteiger partial charge is 0.313 e. The van der Waals surface area contributed by atoms with E-state index in [-0.39, 0.29) is 31.1 Å². The van der Waals surface area contributed by atoms with Gasteiger partial charge in [0.2, 0.25) is 10.0 Å². The summed E-state index contributed by atoms with van der Waals surface area (Å²) >= 11 is 0. The Bertz CT molecular complexity index is 595. The number of nitrogens with one attached hydrogen (secondary N) is 2. The van der Waals surface area contributed by atoms with Gasteiger partial charge in [0.1, 0.15) is 0 Å². The molecule has 10 heteroatoms. The Morgan fingerprint density at radius 1 is 1.19 bits per heavy atom. The molecular weight excluding hydrogens is 336 g/mol. The van der Waals surface area contributed by atoms with Crippen LogP contribution < -0.4 is 10.0 Å². The van der Waals surface area contributed by atoms with E-state index >= 15 is 0 Å². The van der Waals surface area contributed by atoms with Crippen LogP contribution in [-0.4, -0.2) is 27.5 Å². The van der Waals surface area contributed by atoms with Gasteiger partial charge in [-0.25, -0.2) is 30.7 Å². The third-order valence-electron chi connectivity index (χ3n) is 3.02. The Kier molecular flexibility index (Phi) is 5.97. The van der Waals surface area contributed by atoms with Crippen LogP contribution in [-0.2, 0) is 10.0 Å². The fraction of sp³-hybridized carbons (Fsp3) is 0.455. The average Bonchev–Trinajstić information content (AvgIpc) is 2.87. The molecule has 0 aliphatic carbocycles. The summed E-state index contributed by atoms with van der Waals surface area (Å²) in [4.78, 5) is -1.63. The summed E-state index contributed by atoms with van der Waals surface area (Å²) in [5.74, 6) is -7.39. The van der Waals surface area contributed by atoms with Crippen molar-refractivity contribution in [3.8, 4) is 0 Å². The Hall–Kier alpha value is -0.900. The zero-order valence-electron chi connectivity index (χ0n) is 10.6. The van der Waals surface area contributed by atoms with Crippen LogP contribution in [0.5, 0.6) is 0 Å². The Morgan fingerprint density at radius 2 is 1.76 bits per heavy atom. The minimum Gasteiger partial charge on any atom is -0.313 e. The molecule has 1 aromatic carbocycles. The topological polar surface area (TPSA) is 58.2 Å². The van der Waals surface area contributed by atoms with Crippen molar-refractivity contribution in [3.05, 3.63) is 29.3 Å². The molecule has 2 rings (SSSR count). The lowest BCUT2D eigenvalue weighted by molar-refractivity contribution is 0.417. The molecule has 0 amide bonds. The fourth-order valence-corrected chi connectivity index (χ4v) is 3.23. The predicted molar refractivity (Wildman–Crippen MR) is 69.7 cm³/mol. The molecule has 0 spiro atoms. The number of benzene rings is 1. The standard InChI is InChI=1S/C11H12F4N2O2S.ClH/c12-7-4-8(13)10(15)11(9(7)14)20(18,19)17-5-6-2-1-3-16-6;/h4,6,16-17H,1-3,5H2;1H. The number of sulfonamides is 1. The zero-order chi connectivity index (χ0) is 14.9. The highest BCUT2D eigenvalue weighted by atomic mass is 35.5. The second-order valence-electron chi connectivity index (χ2n) is 4.44. The molecule has 1 atom stereocenters. The second kappa shape index (κ2) is 6.91. The highest BCUT2D eigenvalue weighted by Gasteiger charge is 2.30. The molecule has 21 heavy (non-hydrogen) atoms. The van der Waals surface area contributed by atoms with Crippen LogP contribution in [0.25, 0.3) is 0 Å². The molecule has 1 unspecified atom stereocenters. The van der Waals surface area contributed by atoms with Crippen LogP contribution in [0.2, 0.25) is 0 Å². The van der Waals surface area contributed by atoms with E-state index in [0.29, 0.717) is 13.0 Å². The van der Waals surface area contributed by atoms with Crippen molar-refractivity contribution in [2.45, 2.75) is 23.8 Å². The van der Waals surface area contributed by atoms with Gasteiger partial charge in [-0.3, -0.25) is 0 Å². The van der Waals surface area contributed by atoms with Crippen molar-refractivity contribution in [1.82, 2.24) is 10.0 Å². The van der Waals surface area contributed by atoms with E-state index in [4.69, 9.17) is 0 Å². The molecule has 1 saturated heterocycles. The molecule has 1 aromatic rings. The molecule has 0 saturated carbocycles. The van der Waals surface area contributed by atoms with Crippen molar-refractivity contribution >= 4 is 22.4 Å². The third-order valence-corrected chi connectivity index (χ3v) is 4.46. The number of rotatable bonds is 4. The third kappa shape index (κ3) is 3.85. The smallest absolute Gasteiger partial charge is 0.246 e. The van der Waals surface area contributed by atoms with E-state index in [9.17, 15) is 26.0 Å². The quantitative estimate of drug-likeness (QED) is 0.643. The van der Waals surface area contributed by atoms with Crippen LogP contribution >= 0.6 is 12.4 Å². The molecule has 1 aliphatic heterocycles. The first-order valence-corrected chi connectivity index (χ1v) is 7.37. The van der Waals surface area contributed by atoms with Crippen LogP contribution in [0.3, 0.4) is 0 Å². The highest BCUT2D eigenvalue weighted by molar-refractivity contribution is 7.89. The maximum absolute atomic E-state index is 13.4. The number of hydrogen-bond donors (Lipinski definition) is 2. The summed E-state index contributed by atoms with van der Waals surface area (Å²) in [7, 11) is -4.67. The molecular formula is C11H13ClF4N2O2S. The van der Waals surface area contributed by atoms with Crippen molar-refractivity contribution in [3.63, 3.8) is 0 Å². The fourth-order valence-electron chi connectivity index (χ4n) is 2.00. The van der Waals surface area contributed by atoms with Gasteiger partial charge in [-0.1, -0.05) is 0 Å². The Balaban J connectivity index is 0.00000220. The van der Waals surface area contributed by atoms with E-state index in [1.54, 1.807) is 0 Å². The van der Waals surface area contributed by atoms with Crippen molar-refractivity contribution in [1.29, 1.82) is 0 Å². The van der Waals surface area contributed by atoms with Gasteiger partial charge in [-0.2, -0.15) is 0 Å².